The zero-order valence-electron chi connectivity index (χ0n) is 23.4. The van der Waals surface area contributed by atoms with E-state index in [9.17, 15) is 4.79 Å². The van der Waals surface area contributed by atoms with Crippen molar-refractivity contribution in [2.45, 2.75) is 6.04 Å². The highest BCUT2D eigenvalue weighted by atomic mass is 16.5. The van der Waals surface area contributed by atoms with Gasteiger partial charge in [0.05, 0.1) is 18.0 Å². The van der Waals surface area contributed by atoms with E-state index in [0.29, 0.717) is 36.1 Å². The van der Waals surface area contributed by atoms with Gasteiger partial charge in [-0.3, -0.25) is 4.79 Å². The van der Waals surface area contributed by atoms with E-state index in [2.05, 4.69) is 32.7 Å². The van der Waals surface area contributed by atoms with Gasteiger partial charge in [-0.05, 0) is 37.4 Å². The smallest absolute Gasteiger partial charge is 0.248 e. The number of nitrogens with zero attached hydrogens (tertiary/aromatic N) is 3. The molecule has 0 spiro atoms. The van der Waals surface area contributed by atoms with Crippen molar-refractivity contribution in [3.05, 3.63) is 109 Å². The Morgan fingerprint density at radius 1 is 0.976 bits per heavy atom. The van der Waals surface area contributed by atoms with Gasteiger partial charge in [-0.2, -0.15) is 0 Å². The minimum Gasteiger partial charge on any atom is -0.437 e. The van der Waals surface area contributed by atoms with Crippen LogP contribution < -0.4 is 10.6 Å². The fourth-order valence-electron chi connectivity index (χ4n) is 4.66. The van der Waals surface area contributed by atoms with Crippen LogP contribution in [0.5, 0.6) is 0 Å². The minimum absolute atomic E-state index is 0.139. The number of anilines is 2. The van der Waals surface area contributed by atoms with Crippen molar-refractivity contribution < 1.29 is 13.9 Å². The number of ether oxygens (including phenoxy) is 1. The Kier molecular flexibility index (Phi) is 8.83. The molecule has 0 saturated heterocycles. The summed E-state index contributed by atoms with van der Waals surface area (Å²) >= 11 is 0. The Labute approximate surface area is 239 Å². The van der Waals surface area contributed by atoms with E-state index in [1.807, 2.05) is 97.9 Å². The maximum Gasteiger partial charge on any atom is 0.248 e. The van der Waals surface area contributed by atoms with Crippen molar-refractivity contribution in [3.8, 4) is 22.5 Å². The Balaban J connectivity index is 1.58. The lowest BCUT2D eigenvalue weighted by Crippen LogP contribution is -2.17. The number of methoxy groups -OCH3 is 1. The molecule has 0 bridgehead atoms. The highest BCUT2D eigenvalue weighted by Crippen LogP contribution is 2.43. The molecule has 0 radical (unpaired) electrons. The maximum atomic E-state index is 12.5. The van der Waals surface area contributed by atoms with Gasteiger partial charge in [0.2, 0.25) is 11.6 Å². The molecule has 2 N–H and O–H groups in total. The summed E-state index contributed by atoms with van der Waals surface area (Å²) in [5.74, 6) is 1.08. The van der Waals surface area contributed by atoms with Crippen LogP contribution in [0.4, 0.5) is 11.5 Å². The maximum absolute atomic E-state index is 12.5. The molecule has 0 aliphatic rings. The number of carbonyl (C=O) groups excluding carboxylic acids is 1. The molecule has 1 unspecified atom stereocenters. The molecule has 5 rings (SSSR count). The molecule has 41 heavy (non-hydrogen) atoms. The average molecular weight is 548 g/mol. The quantitative estimate of drug-likeness (QED) is 0.185. The van der Waals surface area contributed by atoms with Crippen LogP contribution in [0, 0.1) is 0 Å². The summed E-state index contributed by atoms with van der Waals surface area (Å²) in [6.45, 7) is 1.13. The lowest BCUT2D eigenvalue weighted by Gasteiger charge is -2.19. The molecular weight excluding hydrogens is 514 g/mol. The molecule has 3 aromatic carbocycles. The molecule has 8 heteroatoms. The number of likely N-dealkylation sites (N-methyl/N-ethyl adjacent to an activating group) is 1. The number of carbonyl (C=O) groups is 1. The van der Waals surface area contributed by atoms with Crippen molar-refractivity contribution in [1.82, 2.24) is 14.9 Å². The summed E-state index contributed by atoms with van der Waals surface area (Å²) in [6, 6.07) is 27.6. The molecule has 1 amide bonds. The van der Waals surface area contributed by atoms with Gasteiger partial charge in [0, 0.05) is 36.5 Å². The zero-order chi connectivity index (χ0) is 28.6. The number of aromatic nitrogens is 2. The van der Waals surface area contributed by atoms with Crippen LogP contribution >= 0.6 is 0 Å². The molecule has 0 aliphatic carbocycles. The summed E-state index contributed by atoms with van der Waals surface area (Å²) in [5, 5.41) is 7.29. The normalized spacial score (nSPS) is 12.2. The first-order valence-electron chi connectivity index (χ1n) is 13.4. The topological polar surface area (TPSA) is 92.5 Å². The lowest BCUT2D eigenvalue weighted by molar-refractivity contribution is -0.111. The molecule has 2 aromatic heterocycles. The second kappa shape index (κ2) is 13.0. The van der Waals surface area contributed by atoms with Gasteiger partial charge in [-0.25, -0.2) is 9.97 Å². The van der Waals surface area contributed by atoms with Gasteiger partial charge in [-0.15, -0.1) is 0 Å². The molecule has 5 aromatic rings. The van der Waals surface area contributed by atoms with Crippen molar-refractivity contribution in [2.75, 3.05) is 45.0 Å². The number of fused-ring (bicyclic) bond motifs is 1. The van der Waals surface area contributed by atoms with Gasteiger partial charge in [-0.1, -0.05) is 78.9 Å². The fraction of sp³-hybridized carbons (Fsp3) is 0.182. The van der Waals surface area contributed by atoms with Crippen LogP contribution in [0.15, 0.2) is 108 Å². The monoisotopic (exact) mass is 547 g/mol. The number of nitrogens with one attached hydrogen (secondary N) is 2. The highest BCUT2D eigenvalue weighted by molar-refractivity contribution is 6.06. The minimum atomic E-state index is -0.195. The van der Waals surface area contributed by atoms with Gasteiger partial charge >= 0.3 is 0 Å². The molecule has 0 aliphatic heterocycles. The van der Waals surface area contributed by atoms with E-state index < -0.39 is 0 Å². The van der Waals surface area contributed by atoms with Crippen LogP contribution in [0.25, 0.3) is 33.6 Å². The number of furan rings is 1. The summed E-state index contributed by atoms with van der Waals surface area (Å²) in [7, 11) is 5.59. The number of hydrogen-bond donors (Lipinski definition) is 2. The first-order valence-corrected chi connectivity index (χ1v) is 13.4. The van der Waals surface area contributed by atoms with Crippen molar-refractivity contribution in [3.63, 3.8) is 0 Å². The molecule has 208 valence electrons. The van der Waals surface area contributed by atoms with Crippen LogP contribution in [-0.4, -0.2) is 55.1 Å². The molecule has 8 nitrogen and oxygen atoms in total. The predicted octanol–water partition coefficient (Wildman–Crippen LogP) is 6.41. The summed E-state index contributed by atoms with van der Waals surface area (Å²) < 4.78 is 12.0. The van der Waals surface area contributed by atoms with Crippen molar-refractivity contribution >= 4 is 28.5 Å². The first-order chi connectivity index (χ1) is 20.0. The third-order valence-electron chi connectivity index (χ3n) is 6.53. The highest BCUT2D eigenvalue weighted by Gasteiger charge is 2.24. The van der Waals surface area contributed by atoms with Crippen LogP contribution in [0.2, 0.25) is 0 Å². The van der Waals surface area contributed by atoms with Gasteiger partial charge in [0.25, 0.3) is 0 Å². The van der Waals surface area contributed by atoms with Crippen molar-refractivity contribution in [2.24, 2.45) is 0 Å². The van der Waals surface area contributed by atoms with Gasteiger partial charge < -0.3 is 24.7 Å². The number of amides is 1. The standard InChI is InChI=1S/C33H33N5O3/c1-38(2)19-11-18-28(39)36-26-17-10-16-25(20-26)31-29(24-14-8-5-9-15-24)30-32(34-22-35-33(30)41-31)37-27(21-40-3)23-12-6-4-7-13-23/h4-18,20,22,27H,19,21H2,1-3H3,(H,36,39)(H,34,35,37). The number of hydrogen-bond acceptors (Lipinski definition) is 7. The Bertz CT molecular complexity index is 1630. The van der Waals surface area contributed by atoms with E-state index >= 15 is 0 Å². The second-order valence-corrected chi connectivity index (χ2v) is 9.87. The Hall–Kier alpha value is -4.79. The third-order valence-corrected chi connectivity index (χ3v) is 6.53. The van der Waals surface area contributed by atoms with E-state index in [-0.39, 0.29) is 11.9 Å². The first kappa shape index (κ1) is 27.8. The molecule has 0 saturated carbocycles. The van der Waals surface area contributed by atoms with Crippen LogP contribution in [-0.2, 0) is 9.53 Å². The number of rotatable bonds is 11. The van der Waals surface area contributed by atoms with Gasteiger partial charge in [0.1, 0.15) is 17.9 Å². The van der Waals surface area contributed by atoms with Crippen LogP contribution in [0.1, 0.15) is 11.6 Å². The largest absolute Gasteiger partial charge is 0.437 e. The van der Waals surface area contributed by atoms with Crippen LogP contribution in [0.3, 0.4) is 0 Å². The summed E-state index contributed by atoms with van der Waals surface area (Å²) in [4.78, 5) is 23.6. The molecular formula is C33H33N5O3. The third kappa shape index (κ3) is 6.69. The molecule has 2 heterocycles. The molecule has 0 fully saturated rings. The van der Waals surface area contributed by atoms with E-state index in [0.717, 1.165) is 27.6 Å². The lowest BCUT2D eigenvalue weighted by atomic mass is 9.98. The Morgan fingerprint density at radius 2 is 1.71 bits per heavy atom. The van der Waals surface area contributed by atoms with E-state index in [1.54, 1.807) is 13.2 Å². The van der Waals surface area contributed by atoms with Gasteiger partial charge in [0.15, 0.2) is 0 Å². The zero-order valence-corrected chi connectivity index (χ0v) is 23.4. The summed E-state index contributed by atoms with van der Waals surface area (Å²) in [5.41, 5.74) is 4.83. The fourth-order valence-corrected chi connectivity index (χ4v) is 4.66. The molecule has 1 atom stereocenters. The Morgan fingerprint density at radius 3 is 2.44 bits per heavy atom. The summed E-state index contributed by atoms with van der Waals surface area (Å²) in [6.07, 6.45) is 4.86. The average Bonchev–Trinajstić information content (AvgIpc) is 3.38. The van der Waals surface area contributed by atoms with E-state index in [4.69, 9.17) is 9.15 Å². The second-order valence-electron chi connectivity index (χ2n) is 9.87. The van der Waals surface area contributed by atoms with Crippen molar-refractivity contribution in [1.29, 1.82) is 0 Å². The predicted molar refractivity (Wildman–Crippen MR) is 164 cm³/mol. The number of benzene rings is 3. The SMILES string of the molecule is COCC(Nc1ncnc2oc(-c3cccc(NC(=O)C=CCN(C)C)c3)c(-c3ccccc3)c12)c1ccccc1. The van der Waals surface area contributed by atoms with E-state index in [1.165, 1.54) is 6.33 Å².